The lowest BCUT2D eigenvalue weighted by atomic mass is 10.3. The van der Waals surface area contributed by atoms with Crippen LogP contribution in [0, 0.1) is 22.7 Å². The smallest absolute Gasteiger partial charge is 0.166 e. The van der Waals surface area contributed by atoms with E-state index >= 15 is 0 Å². The maximum Gasteiger partial charge on any atom is 0.166 e. The predicted molar refractivity (Wildman–Crippen MR) is 36.9 cm³/mol. The second-order valence-corrected chi connectivity index (χ2v) is 2.35. The van der Waals surface area contributed by atoms with Crippen LogP contribution in [0.1, 0.15) is 12.8 Å². The van der Waals surface area contributed by atoms with Crippen molar-refractivity contribution >= 4 is 0 Å². The van der Waals surface area contributed by atoms with Crippen LogP contribution in [-0.2, 0) is 4.84 Å². The molecule has 0 bridgehead atoms. The fraction of sp³-hybridized carbons (Fsp3) is 0.714. The van der Waals surface area contributed by atoms with Crippen LogP contribution in [0.5, 0.6) is 0 Å². The van der Waals surface area contributed by atoms with Crippen molar-refractivity contribution in [3.05, 3.63) is 0 Å². The molecule has 11 heavy (non-hydrogen) atoms. The third-order valence-electron chi connectivity index (χ3n) is 1.53. The van der Waals surface area contributed by atoms with Gasteiger partial charge in [0.25, 0.3) is 0 Å². The molecule has 0 aliphatic carbocycles. The Morgan fingerprint density at radius 1 is 1.55 bits per heavy atom. The van der Waals surface area contributed by atoms with Gasteiger partial charge >= 0.3 is 0 Å². The van der Waals surface area contributed by atoms with E-state index < -0.39 is 0 Å². The van der Waals surface area contributed by atoms with E-state index in [1.165, 1.54) is 0 Å². The second kappa shape index (κ2) is 3.92. The van der Waals surface area contributed by atoms with Crippen molar-refractivity contribution in [2.24, 2.45) is 0 Å². The van der Waals surface area contributed by atoms with Gasteiger partial charge in [-0.15, -0.1) is 0 Å². The van der Waals surface area contributed by atoms with E-state index in [9.17, 15) is 0 Å². The summed E-state index contributed by atoms with van der Waals surface area (Å²) in [7, 11) is 0. The van der Waals surface area contributed by atoms with Crippen molar-refractivity contribution in [1.82, 2.24) is 5.06 Å². The van der Waals surface area contributed by atoms with Gasteiger partial charge < -0.3 is 0 Å². The number of hydrogen-bond donors (Lipinski definition) is 0. The molecule has 0 N–H and O–H groups in total. The maximum absolute atomic E-state index is 8.44. The van der Waals surface area contributed by atoms with Gasteiger partial charge in [0.15, 0.2) is 6.10 Å². The molecule has 0 aromatic carbocycles. The molecule has 1 unspecified atom stereocenters. The Hall–Kier alpha value is -1.10. The molecule has 1 atom stereocenters. The highest BCUT2D eigenvalue weighted by atomic mass is 16.7. The molecule has 1 saturated heterocycles. The number of nitrogens with zero attached hydrogens (tertiary/aromatic N) is 3. The lowest BCUT2D eigenvalue weighted by molar-refractivity contribution is -0.128. The van der Waals surface area contributed by atoms with Crippen LogP contribution in [0.3, 0.4) is 0 Å². The van der Waals surface area contributed by atoms with Crippen LogP contribution in [0.25, 0.3) is 0 Å². The minimum absolute atomic E-state index is 0.298. The van der Waals surface area contributed by atoms with Crippen molar-refractivity contribution in [1.29, 1.82) is 10.5 Å². The predicted octanol–water partition coefficient (Wildman–Crippen LogP) is 0.430. The molecular formula is C7H9N3O. The van der Waals surface area contributed by atoms with E-state index in [0.29, 0.717) is 13.0 Å². The van der Waals surface area contributed by atoms with Crippen molar-refractivity contribution in [2.45, 2.75) is 18.9 Å². The lowest BCUT2D eigenvalue weighted by Gasteiger charge is -2.10. The first-order chi connectivity index (χ1) is 5.36. The molecule has 0 aromatic rings. The zero-order valence-corrected chi connectivity index (χ0v) is 6.16. The van der Waals surface area contributed by atoms with Gasteiger partial charge in [-0.1, -0.05) is 0 Å². The number of nitriles is 2. The van der Waals surface area contributed by atoms with Gasteiger partial charge in [-0.2, -0.15) is 15.6 Å². The van der Waals surface area contributed by atoms with Crippen LogP contribution in [0.15, 0.2) is 0 Å². The van der Waals surface area contributed by atoms with E-state index in [2.05, 4.69) is 0 Å². The van der Waals surface area contributed by atoms with Crippen LogP contribution in [0.4, 0.5) is 0 Å². The standard InChI is InChI=1S/C7H9N3O/c8-3-1-4-10-5-2-7(6-9)11-10/h7H,1-2,4-5H2. The molecule has 1 aliphatic heterocycles. The zero-order valence-electron chi connectivity index (χ0n) is 6.16. The summed E-state index contributed by atoms with van der Waals surface area (Å²) < 4.78 is 0. The molecule has 0 amide bonds. The van der Waals surface area contributed by atoms with Crippen molar-refractivity contribution in [2.75, 3.05) is 13.1 Å². The summed E-state index contributed by atoms with van der Waals surface area (Å²) in [6.07, 6.45) is 0.911. The molecule has 1 rings (SSSR count). The van der Waals surface area contributed by atoms with Crippen molar-refractivity contribution < 1.29 is 4.84 Å². The summed E-state index contributed by atoms with van der Waals surface area (Å²) in [6, 6.07) is 4.05. The Morgan fingerprint density at radius 3 is 2.91 bits per heavy atom. The van der Waals surface area contributed by atoms with Crippen LogP contribution in [0.2, 0.25) is 0 Å². The van der Waals surface area contributed by atoms with E-state index in [4.69, 9.17) is 15.4 Å². The van der Waals surface area contributed by atoms with Gasteiger partial charge in [-0.25, -0.2) is 0 Å². The van der Waals surface area contributed by atoms with Gasteiger partial charge in [0.05, 0.1) is 18.6 Å². The highest BCUT2D eigenvalue weighted by molar-refractivity contribution is 4.87. The molecule has 1 heterocycles. The summed E-state index contributed by atoms with van der Waals surface area (Å²) in [5.74, 6) is 0. The number of hydroxylamine groups is 2. The quantitative estimate of drug-likeness (QED) is 0.574. The summed E-state index contributed by atoms with van der Waals surface area (Å²) in [4.78, 5) is 5.13. The van der Waals surface area contributed by atoms with Crippen molar-refractivity contribution in [3.63, 3.8) is 0 Å². The Labute approximate surface area is 65.5 Å². The summed E-state index contributed by atoms with van der Waals surface area (Å²) in [5, 5.41) is 18.4. The first-order valence-electron chi connectivity index (χ1n) is 3.55. The Bertz CT molecular complexity index is 203. The lowest BCUT2D eigenvalue weighted by Crippen LogP contribution is -2.19. The fourth-order valence-electron chi connectivity index (χ4n) is 0.974. The monoisotopic (exact) mass is 151 g/mol. The number of hydrogen-bond acceptors (Lipinski definition) is 4. The molecule has 4 heteroatoms. The molecule has 1 fully saturated rings. The highest BCUT2D eigenvalue weighted by Crippen LogP contribution is 2.11. The van der Waals surface area contributed by atoms with E-state index in [0.717, 1.165) is 13.0 Å². The van der Waals surface area contributed by atoms with E-state index in [1.807, 2.05) is 12.1 Å². The minimum atomic E-state index is -0.298. The molecule has 1 aliphatic rings. The van der Waals surface area contributed by atoms with Crippen LogP contribution in [-0.4, -0.2) is 24.3 Å². The fourth-order valence-corrected chi connectivity index (χ4v) is 0.974. The zero-order chi connectivity index (χ0) is 8.10. The van der Waals surface area contributed by atoms with Gasteiger partial charge in [0, 0.05) is 19.5 Å². The molecule has 0 aromatic heterocycles. The first kappa shape index (κ1) is 8.00. The second-order valence-electron chi connectivity index (χ2n) is 2.35. The van der Waals surface area contributed by atoms with Gasteiger partial charge in [0.2, 0.25) is 0 Å². The maximum atomic E-state index is 8.44. The molecule has 58 valence electrons. The van der Waals surface area contributed by atoms with Gasteiger partial charge in [0.1, 0.15) is 0 Å². The van der Waals surface area contributed by atoms with Crippen LogP contribution < -0.4 is 0 Å². The highest BCUT2D eigenvalue weighted by Gasteiger charge is 2.22. The summed E-state index contributed by atoms with van der Waals surface area (Å²) >= 11 is 0. The Kier molecular flexibility index (Phi) is 2.85. The SMILES string of the molecule is N#CCCN1CCC(C#N)O1. The molecule has 0 radical (unpaired) electrons. The third kappa shape index (κ3) is 2.19. The summed E-state index contributed by atoms with van der Waals surface area (Å²) in [5.41, 5.74) is 0. The Balaban J connectivity index is 2.22. The van der Waals surface area contributed by atoms with Gasteiger partial charge in [-0.3, -0.25) is 4.84 Å². The summed E-state index contributed by atoms with van der Waals surface area (Å²) in [6.45, 7) is 1.37. The topological polar surface area (TPSA) is 60.0 Å². The van der Waals surface area contributed by atoms with Crippen molar-refractivity contribution in [3.8, 4) is 12.1 Å². The molecular weight excluding hydrogens is 142 g/mol. The largest absolute Gasteiger partial charge is 0.280 e. The Morgan fingerprint density at radius 2 is 2.36 bits per heavy atom. The average Bonchev–Trinajstić information content (AvgIpc) is 2.48. The van der Waals surface area contributed by atoms with Gasteiger partial charge in [-0.05, 0) is 0 Å². The average molecular weight is 151 g/mol. The van der Waals surface area contributed by atoms with Crippen LogP contribution >= 0.6 is 0 Å². The number of rotatable bonds is 2. The molecule has 0 spiro atoms. The molecule has 4 nitrogen and oxygen atoms in total. The first-order valence-corrected chi connectivity index (χ1v) is 3.55. The van der Waals surface area contributed by atoms with E-state index in [-0.39, 0.29) is 6.10 Å². The third-order valence-corrected chi connectivity index (χ3v) is 1.53. The normalized spacial score (nSPS) is 24.4. The molecule has 0 saturated carbocycles. The van der Waals surface area contributed by atoms with E-state index in [1.54, 1.807) is 5.06 Å². The minimum Gasteiger partial charge on any atom is -0.280 e.